The quantitative estimate of drug-likeness (QED) is 0.782. The highest BCUT2D eigenvalue weighted by molar-refractivity contribution is 7.97. The van der Waals surface area contributed by atoms with Gasteiger partial charge < -0.3 is 5.73 Å². The van der Waals surface area contributed by atoms with Crippen LogP contribution >= 0.6 is 11.8 Å². The van der Waals surface area contributed by atoms with E-state index in [0.29, 0.717) is 6.04 Å². The molecular formula is C8H15N3S. The number of hydrogen-bond acceptors (Lipinski definition) is 3. The van der Waals surface area contributed by atoms with Gasteiger partial charge in [0.1, 0.15) is 5.82 Å². The van der Waals surface area contributed by atoms with Crippen molar-refractivity contribution >= 4 is 17.6 Å². The van der Waals surface area contributed by atoms with Gasteiger partial charge in [0.15, 0.2) is 0 Å². The Balaban J connectivity index is 2.88. The number of thioether (sulfide) groups is 1. The van der Waals surface area contributed by atoms with Crippen molar-refractivity contribution in [1.82, 2.24) is 9.78 Å². The number of nitrogens with zero attached hydrogens (tertiary/aromatic N) is 2. The Labute approximate surface area is 77.3 Å². The molecule has 68 valence electrons. The molecule has 0 radical (unpaired) electrons. The predicted octanol–water partition coefficient (Wildman–Crippen LogP) is 1.91. The van der Waals surface area contributed by atoms with E-state index >= 15 is 0 Å². The van der Waals surface area contributed by atoms with Crippen LogP contribution in [0.2, 0.25) is 0 Å². The molecule has 0 atom stereocenters. The highest BCUT2D eigenvalue weighted by Crippen LogP contribution is 2.19. The first-order valence-corrected chi connectivity index (χ1v) is 5.37. The zero-order valence-electron chi connectivity index (χ0n) is 7.74. The Bertz CT molecular complexity index is 255. The lowest BCUT2D eigenvalue weighted by Gasteiger charge is -2.07. The molecule has 0 saturated heterocycles. The largest absolute Gasteiger partial charge is 0.384 e. The van der Waals surface area contributed by atoms with Crippen LogP contribution in [-0.4, -0.2) is 16.0 Å². The Morgan fingerprint density at radius 2 is 2.33 bits per heavy atom. The summed E-state index contributed by atoms with van der Waals surface area (Å²) >= 11 is 1.76. The van der Waals surface area contributed by atoms with Gasteiger partial charge in [0.25, 0.3) is 0 Å². The Morgan fingerprint density at radius 1 is 1.67 bits per heavy atom. The number of anilines is 1. The molecule has 0 amide bonds. The minimum absolute atomic E-state index is 0.348. The zero-order chi connectivity index (χ0) is 9.14. The van der Waals surface area contributed by atoms with Gasteiger partial charge in [-0.1, -0.05) is 0 Å². The first kappa shape index (κ1) is 9.45. The maximum Gasteiger partial charge on any atom is 0.126 e. The van der Waals surface area contributed by atoms with Crippen LogP contribution in [0.25, 0.3) is 0 Å². The van der Waals surface area contributed by atoms with Crippen molar-refractivity contribution in [3.63, 3.8) is 0 Å². The van der Waals surface area contributed by atoms with Crippen LogP contribution in [-0.2, 0) is 5.75 Å². The maximum absolute atomic E-state index is 5.88. The molecule has 0 aliphatic carbocycles. The van der Waals surface area contributed by atoms with Gasteiger partial charge in [0.05, 0.1) is 6.20 Å². The number of nitrogen functional groups attached to an aromatic ring is 1. The molecule has 1 rings (SSSR count). The number of aromatic nitrogens is 2. The van der Waals surface area contributed by atoms with Crippen molar-refractivity contribution in [2.75, 3.05) is 12.0 Å². The lowest BCUT2D eigenvalue weighted by atomic mass is 10.3. The fraction of sp³-hybridized carbons (Fsp3) is 0.625. The minimum atomic E-state index is 0.348. The summed E-state index contributed by atoms with van der Waals surface area (Å²) < 4.78 is 1.85. The van der Waals surface area contributed by atoms with Gasteiger partial charge in [-0.05, 0) is 20.1 Å². The third kappa shape index (κ3) is 1.75. The van der Waals surface area contributed by atoms with E-state index < -0.39 is 0 Å². The van der Waals surface area contributed by atoms with E-state index in [-0.39, 0.29) is 0 Å². The molecule has 0 aliphatic rings. The van der Waals surface area contributed by atoms with Crippen molar-refractivity contribution in [2.24, 2.45) is 0 Å². The van der Waals surface area contributed by atoms with Gasteiger partial charge >= 0.3 is 0 Å². The first-order chi connectivity index (χ1) is 5.66. The average Bonchev–Trinajstić information content (AvgIpc) is 2.34. The summed E-state index contributed by atoms with van der Waals surface area (Å²) in [6, 6.07) is 0.348. The van der Waals surface area contributed by atoms with E-state index in [2.05, 4.69) is 25.2 Å². The molecule has 0 aliphatic heterocycles. The zero-order valence-corrected chi connectivity index (χ0v) is 8.56. The van der Waals surface area contributed by atoms with E-state index in [9.17, 15) is 0 Å². The van der Waals surface area contributed by atoms with Crippen LogP contribution in [0.5, 0.6) is 0 Å². The first-order valence-electron chi connectivity index (χ1n) is 3.97. The van der Waals surface area contributed by atoms with Crippen molar-refractivity contribution < 1.29 is 0 Å². The van der Waals surface area contributed by atoms with Gasteiger partial charge in [-0.3, -0.25) is 0 Å². The number of nitrogens with two attached hydrogens (primary N) is 1. The van der Waals surface area contributed by atoms with Gasteiger partial charge in [0.2, 0.25) is 0 Å². The monoisotopic (exact) mass is 185 g/mol. The highest BCUT2D eigenvalue weighted by atomic mass is 32.2. The SMILES string of the molecule is CSCc1cnn(C(C)C)c1N. The van der Waals surface area contributed by atoms with E-state index in [1.807, 2.05) is 10.9 Å². The van der Waals surface area contributed by atoms with Gasteiger partial charge in [0, 0.05) is 17.4 Å². The molecule has 1 aromatic rings. The predicted molar refractivity (Wildman–Crippen MR) is 54.2 cm³/mol. The standard InChI is InChI=1S/C8H15N3S/c1-6(2)11-8(9)7(4-10-11)5-12-3/h4,6H,5,9H2,1-3H3. The molecule has 0 spiro atoms. The van der Waals surface area contributed by atoms with Crippen molar-refractivity contribution in [1.29, 1.82) is 0 Å². The topological polar surface area (TPSA) is 43.8 Å². The van der Waals surface area contributed by atoms with E-state index in [0.717, 1.165) is 17.1 Å². The van der Waals surface area contributed by atoms with Gasteiger partial charge in [-0.15, -0.1) is 0 Å². The van der Waals surface area contributed by atoms with E-state index in [1.54, 1.807) is 11.8 Å². The van der Waals surface area contributed by atoms with E-state index in [1.165, 1.54) is 0 Å². The van der Waals surface area contributed by atoms with Crippen LogP contribution in [0.4, 0.5) is 5.82 Å². The fourth-order valence-electron chi connectivity index (χ4n) is 1.09. The summed E-state index contributed by atoms with van der Waals surface area (Å²) in [5, 5.41) is 4.21. The Kier molecular flexibility index (Phi) is 3.03. The summed E-state index contributed by atoms with van der Waals surface area (Å²) in [6.07, 6.45) is 3.91. The van der Waals surface area contributed by atoms with Crippen LogP contribution < -0.4 is 5.73 Å². The molecule has 3 nitrogen and oxygen atoms in total. The second-order valence-electron chi connectivity index (χ2n) is 3.03. The average molecular weight is 185 g/mol. The van der Waals surface area contributed by atoms with Crippen molar-refractivity contribution in [3.05, 3.63) is 11.8 Å². The summed E-state index contributed by atoms with van der Waals surface area (Å²) in [5.74, 6) is 1.75. The summed E-state index contributed by atoms with van der Waals surface area (Å²) in [5.41, 5.74) is 7.01. The summed E-state index contributed by atoms with van der Waals surface area (Å²) in [7, 11) is 0. The van der Waals surface area contributed by atoms with Crippen LogP contribution in [0.1, 0.15) is 25.5 Å². The van der Waals surface area contributed by atoms with Crippen LogP contribution in [0.3, 0.4) is 0 Å². The Morgan fingerprint density at radius 3 is 2.75 bits per heavy atom. The molecule has 12 heavy (non-hydrogen) atoms. The molecule has 1 aromatic heterocycles. The minimum Gasteiger partial charge on any atom is -0.384 e. The lowest BCUT2D eigenvalue weighted by Crippen LogP contribution is -2.07. The molecule has 1 heterocycles. The molecule has 0 unspecified atom stereocenters. The van der Waals surface area contributed by atoms with E-state index in [4.69, 9.17) is 5.73 Å². The third-order valence-corrected chi connectivity index (χ3v) is 2.30. The summed E-state index contributed by atoms with van der Waals surface area (Å²) in [4.78, 5) is 0. The smallest absolute Gasteiger partial charge is 0.126 e. The van der Waals surface area contributed by atoms with Gasteiger partial charge in [-0.2, -0.15) is 16.9 Å². The molecular weight excluding hydrogens is 170 g/mol. The molecule has 2 N–H and O–H groups in total. The number of hydrogen-bond donors (Lipinski definition) is 1. The third-order valence-electron chi connectivity index (χ3n) is 1.70. The lowest BCUT2D eigenvalue weighted by molar-refractivity contribution is 0.540. The molecule has 0 fully saturated rings. The normalized spacial score (nSPS) is 11.0. The molecule has 0 aromatic carbocycles. The molecule has 0 saturated carbocycles. The van der Waals surface area contributed by atoms with Crippen LogP contribution in [0, 0.1) is 0 Å². The van der Waals surface area contributed by atoms with Crippen molar-refractivity contribution in [3.8, 4) is 0 Å². The molecule has 4 heteroatoms. The second kappa shape index (κ2) is 3.85. The molecule has 0 bridgehead atoms. The van der Waals surface area contributed by atoms with Gasteiger partial charge in [-0.25, -0.2) is 4.68 Å². The second-order valence-corrected chi connectivity index (χ2v) is 3.89. The fourth-order valence-corrected chi connectivity index (χ4v) is 1.62. The maximum atomic E-state index is 5.88. The Hall–Kier alpha value is -0.640. The summed E-state index contributed by atoms with van der Waals surface area (Å²) in [6.45, 7) is 4.15. The van der Waals surface area contributed by atoms with Crippen molar-refractivity contribution in [2.45, 2.75) is 25.6 Å². The number of rotatable bonds is 3. The highest BCUT2D eigenvalue weighted by Gasteiger charge is 2.08. The van der Waals surface area contributed by atoms with Crippen LogP contribution in [0.15, 0.2) is 6.20 Å².